The van der Waals surface area contributed by atoms with E-state index in [2.05, 4.69) is 25.0 Å². The minimum absolute atomic E-state index is 0.0760. The van der Waals surface area contributed by atoms with Crippen LogP contribution >= 0.6 is 0 Å². The maximum absolute atomic E-state index is 12.3. The van der Waals surface area contributed by atoms with Gasteiger partial charge in [0.05, 0.1) is 18.3 Å². The molecular formula is C25H40O6. The number of hydrogen-bond acceptors (Lipinski definition) is 6. The average Bonchev–Trinajstić information content (AvgIpc) is 3.03. The van der Waals surface area contributed by atoms with Crippen molar-refractivity contribution in [2.45, 2.75) is 82.5 Å². The van der Waals surface area contributed by atoms with E-state index in [1.165, 1.54) is 6.26 Å². The van der Waals surface area contributed by atoms with Crippen LogP contribution in [0.15, 0.2) is 49.8 Å². The fraction of sp³-hybridized carbons (Fsp3) is 0.640. The molecule has 0 aromatic carbocycles. The molecule has 0 aromatic heterocycles. The minimum atomic E-state index is -0.942. The highest BCUT2D eigenvalue weighted by Gasteiger charge is 2.39. The monoisotopic (exact) mass is 436 g/mol. The zero-order valence-corrected chi connectivity index (χ0v) is 18.8. The Morgan fingerprint density at radius 1 is 1.26 bits per heavy atom. The van der Waals surface area contributed by atoms with E-state index in [1.54, 1.807) is 6.08 Å². The normalized spacial score (nSPS) is 24.5. The number of aliphatic hydroxyl groups excluding tert-OH is 2. The van der Waals surface area contributed by atoms with Gasteiger partial charge in [-0.2, -0.15) is 4.89 Å². The van der Waals surface area contributed by atoms with Gasteiger partial charge >= 0.3 is 0 Å². The van der Waals surface area contributed by atoms with Gasteiger partial charge in [-0.15, -0.1) is 6.58 Å². The SMILES string of the molecule is C=COOC(CO)CCC/C=C\C[C@H]1C(=O)C[C@@H](O)[C@@H]1/C=C/CC(O)(C=C)CCCC. The Kier molecular flexibility index (Phi) is 13.3. The summed E-state index contributed by atoms with van der Waals surface area (Å²) in [5, 5.41) is 30.1. The first-order valence-corrected chi connectivity index (χ1v) is 11.3. The van der Waals surface area contributed by atoms with Crippen molar-refractivity contribution in [3.05, 3.63) is 49.8 Å². The third-order valence-electron chi connectivity index (χ3n) is 5.82. The third kappa shape index (κ3) is 9.95. The van der Waals surface area contributed by atoms with Crippen LogP contribution in [0, 0.1) is 11.8 Å². The van der Waals surface area contributed by atoms with Crippen LogP contribution in [0.5, 0.6) is 0 Å². The Morgan fingerprint density at radius 3 is 2.68 bits per heavy atom. The molecule has 0 aromatic rings. The number of Topliss-reactive ketones (excluding diaryl/α,β-unsaturated/α-hetero) is 1. The number of ketones is 1. The van der Waals surface area contributed by atoms with Crippen LogP contribution in [0.25, 0.3) is 0 Å². The highest BCUT2D eigenvalue weighted by Crippen LogP contribution is 2.34. The van der Waals surface area contributed by atoms with E-state index in [4.69, 9.17) is 4.89 Å². The number of carbonyl (C=O) groups excluding carboxylic acids is 1. The second kappa shape index (κ2) is 15.1. The molecule has 0 aliphatic heterocycles. The summed E-state index contributed by atoms with van der Waals surface area (Å²) in [4.78, 5) is 21.9. The van der Waals surface area contributed by atoms with Gasteiger partial charge in [0.2, 0.25) is 0 Å². The largest absolute Gasteiger partial charge is 0.394 e. The van der Waals surface area contributed by atoms with Crippen molar-refractivity contribution in [2.24, 2.45) is 11.8 Å². The molecule has 1 aliphatic rings. The Balaban J connectivity index is 2.52. The summed E-state index contributed by atoms with van der Waals surface area (Å²) in [5.74, 6) is -0.405. The summed E-state index contributed by atoms with van der Waals surface area (Å²) in [5.41, 5.74) is -0.942. The lowest BCUT2D eigenvalue weighted by atomic mass is 9.88. The van der Waals surface area contributed by atoms with E-state index in [9.17, 15) is 20.1 Å². The van der Waals surface area contributed by atoms with Crippen molar-refractivity contribution in [2.75, 3.05) is 6.61 Å². The van der Waals surface area contributed by atoms with Gasteiger partial charge in [-0.1, -0.05) is 56.7 Å². The summed E-state index contributed by atoms with van der Waals surface area (Å²) in [6.07, 6.45) is 15.4. The molecule has 1 saturated carbocycles. The number of hydrogen-bond donors (Lipinski definition) is 3. The highest BCUT2D eigenvalue weighted by atomic mass is 17.2. The molecule has 0 heterocycles. The molecule has 5 atom stereocenters. The standard InChI is InChI=1S/C25H40O6/c1-4-7-16-25(29,5-2)17-12-15-22-21(23(27)18-24(22)28)14-11-9-8-10-13-20(19-26)31-30-6-3/h5-6,9,11-12,15,20-22,24,26,28-29H,2-4,7-8,10,13-14,16-19H2,1H3/b11-9-,15-12+/t20?,21-,22-,24-,25?/m1/s1. The van der Waals surface area contributed by atoms with Crippen LogP contribution in [0.1, 0.15) is 64.7 Å². The summed E-state index contributed by atoms with van der Waals surface area (Å²) >= 11 is 0. The fourth-order valence-electron chi connectivity index (χ4n) is 3.84. The van der Waals surface area contributed by atoms with Crippen LogP contribution in [-0.4, -0.2) is 45.5 Å². The topological polar surface area (TPSA) is 96.2 Å². The van der Waals surface area contributed by atoms with E-state index in [0.29, 0.717) is 25.7 Å². The fourth-order valence-corrected chi connectivity index (χ4v) is 3.84. The van der Waals surface area contributed by atoms with Crippen molar-refractivity contribution in [1.29, 1.82) is 0 Å². The predicted molar refractivity (Wildman–Crippen MR) is 122 cm³/mol. The number of carbonyl (C=O) groups is 1. The first kappa shape index (κ1) is 27.3. The van der Waals surface area contributed by atoms with Crippen LogP contribution in [0.2, 0.25) is 0 Å². The molecule has 0 saturated heterocycles. The maximum atomic E-state index is 12.3. The van der Waals surface area contributed by atoms with Gasteiger partial charge in [0, 0.05) is 18.3 Å². The van der Waals surface area contributed by atoms with E-state index in [0.717, 1.165) is 25.7 Å². The smallest absolute Gasteiger partial charge is 0.139 e. The first-order valence-electron chi connectivity index (χ1n) is 11.3. The first-order chi connectivity index (χ1) is 14.9. The van der Waals surface area contributed by atoms with Crippen LogP contribution < -0.4 is 0 Å². The molecule has 0 spiro atoms. The number of unbranched alkanes of at least 4 members (excludes halogenated alkanes) is 2. The molecule has 2 unspecified atom stereocenters. The van der Waals surface area contributed by atoms with E-state index in [-0.39, 0.29) is 36.8 Å². The van der Waals surface area contributed by atoms with Crippen molar-refractivity contribution < 1.29 is 29.9 Å². The Hall–Kier alpha value is -1.73. The third-order valence-corrected chi connectivity index (χ3v) is 5.82. The van der Waals surface area contributed by atoms with Gasteiger partial charge in [-0.05, 0) is 38.5 Å². The van der Waals surface area contributed by atoms with Crippen molar-refractivity contribution >= 4 is 5.78 Å². The number of allylic oxidation sites excluding steroid dienone is 2. The molecular weight excluding hydrogens is 396 g/mol. The molecule has 1 rings (SSSR count). The lowest BCUT2D eigenvalue weighted by Gasteiger charge is -2.23. The average molecular weight is 437 g/mol. The summed E-state index contributed by atoms with van der Waals surface area (Å²) in [7, 11) is 0. The molecule has 6 nitrogen and oxygen atoms in total. The zero-order valence-electron chi connectivity index (χ0n) is 18.8. The molecule has 31 heavy (non-hydrogen) atoms. The Bertz CT molecular complexity index is 599. The van der Waals surface area contributed by atoms with Crippen molar-refractivity contribution in [3.63, 3.8) is 0 Å². The lowest BCUT2D eigenvalue weighted by molar-refractivity contribution is -0.290. The summed E-state index contributed by atoms with van der Waals surface area (Å²) in [6, 6.07) is 0. The van der Waals surface area contributed by atoms with Gasteiger partial charge in [-0.25, -0.2) is 0 Å². The predicted octanol–water partition coefficient (Wildman–Crippen LogP) is 4.18. The summed E-state index contributed by atoms with van der Waals surface area (Å²) in [6.45, 7) is 9.08. The molecule has 0 radical (unpaired) electrons. The van der Waals surface area contributed by atoms with Crippen molar-refractivity contribution in [3.8, 4) is 0 Å². The Labute approximate surface area is 186 Å². The van der Waals surface area contributed by atoms with E-state index in [1.807, 2.05) is 24.3 Å². The van der Waals surface area contributed by atoms with Crippen molar-refractivity contribution in [1.82, 2.24) is 0 Å². The summed E-state index contributed by atoms with van der Waals surface area (Å²) < 4.78 is 0. The van der Waals surface area contributed by atoms with Crippen LogP contribution in [0.3, 0.4) is 0 Å². The second-order valence-electron chi connectivity index (χ2n) is 8.27. The van der Waals surface area contributed by atoms with Gasteiger partial charge in [0.1, 0.15) is 18.1 Å². The molecule has 6 heteroatoms. The van der Waals surface area contributed by atoms with Gasteiger partial charge < -0.3 is 20.2 Å². The molecule has 0 bridgehead atoms. The maximum Gasteiger partial charge on any atom is 0.139 e. The number of rotatable bonds is 17. The van der Waals surface area contributed by atoms with Crippen LogP contribution in [0.4, 0.5) is 0 Å². The zero-order chi connectivity index (χ0) is 23.1. The van der Waals surface area contributed by atoms with Gasteiger partial charge in [0.15, 0.2) is 0 Å². The Morgan fingerprint density at radius 2 is 2.03 bits per heavy atom. The van der Waals surface area contributed by atoms with E-state index < -0.39 is 11.7 Å². The number of aliphatic hydroxyl groups is 3. The molecule has 1 fully saturated rings. The highest BCUT2D eigenvalue weighted by molar-refractivity contribution is 5.84. The second-order valence-corrected chi connectivity index (χ2v) is 8.27. The molecule has 176 valence electrons. The lowest BCUT2D eigenvalue weighted by Crippen LogP contribution is -2.25. The molecule has 3 N–H and O–H groups in total. The van der Waals surface area contributed by atoms with Gasteiger partial charge in [0.25, 0.3) is 0 Å². The van der Waals surface area contributed by atoms with Crippen LogP contribution in [-0.2, 0) is 14.6 Å². The van der Waals surface area contributed by atoms with Gasteiger partial charge in [-0.3, -0.25) is 4.79 Å². The minimum Gasteiger partial charge on any atom is -0.394 e. The van der Waals surface area contributed by atoms with E-state index >= 15 is 0 Å². The molecule has 0 amide bonds. The quantitative estimate of drug-likeness (QED) is 0.104. The molecule has 1 aliphatic carbocycles.